The van der Waals surface area contributed by atoms with E-state index in [2.05, 4.69) is 21.3 Å². The number of nitrogens with one attached hydrogen (secondary N) is 4. The van der Waals surface area contributed by atoms with Crippen LogP contribution >= 0.6 is 0 Å². The van der Waals surface area contributed by atoms with E-state index >= 15 is 0 Å². The Balaban J connectivity index is 1.43. The summed E-state index contributed by atoms with van der Waals surface area (Å²) in [5, 5.41) is 20.1. The zero-order chi connectivity index (χ0) is 35.1. The number of aliphatic carboxylic acids is 1. The molecule has 0 heterocycles. The van der Waals surface area contributed by atoms with Gasteiger partial charge >= 0.3 is 24.2 Å². The average molecular weight is 677 g/mol. The summed E-state index contributed by atoms with van der Waals surface area (Å²) < 4.78 is 15.6. The first-order chi connectivity index (χ1) is 23.8. The summed E-state index contributed by atoms with van der Waals surface area (Å²) in [6.07, 6.45) is -0.00899. The molecule has 2 unspecified atom stereocenters. The van der Waals surface area contributed by atoms with Crippen molar-refractivity contribution >= 4 is 30.2 Å². The molecule has 2 atom stereocenters. The second-order valence-corrected chi connectivity index (χ2v) is 11.1. The summed E-state index contributed by atoms with van der Waals surface area (Å²) in [5.74, 6) is -1.91. The predicted molar refractivity (Wildman–Crippen MR) is 180 cm³/mol. The van der Waals surface area contributed by atoms with Gasteiger partial charge in [0, 0.05) is 13.1 Å². The molecular formula is C36H44N4O9. The number of alkyl carbamates (subject to hydrolysis) is 3. The molecule has 262 valence electrons. The fourth-order valence-corrected chi connectivity index (χ4v) is 4.58. The highest BCUT2D eigenvalue weighted by Gasteiger charge is 2.26. The molecule has 13 heteroatoms. The Morgan fingerprint density at radius 1 is 0.510 bits per heavy atom. The molecule has 3 rings (SSSR count). The van der Waals surface area contributed by atoms with Crippen LogP contribution in [0.3, 0.4) is 0 Å². The molecule has 0 aromatic heterocycles. The number of carbonyl (C=O) groups is 5. The highest BCUT2D eigenvalue weighted by Crippen LogP contribution is 2.08. The van der Waals surface area contributed by atoms with Crippen molar-refractivity contribution in [1.82, 2.24) is 21.3 Å². The first-order valence-corrected chi connectivity index (χ1v) is 16.2. The molecule has 49 heavy (non-hydrogen) atoms. The molecule has 4 amide bonds. The SMILES string of the molecule is O=C(NCCCCC(NC(=O)C(CCCCNC(=O)OCc1ccccc1)NC(=O)OCc1ccccc1)C(=O)O)OCc1ccccc1. The van der Waals surface area contributed by atoms with E-state index in [1.54, 1.807) is 24.3 Å². The Labute approximate surface area is 285 Å². The van der Waals surface area contributed by atoms with E-state index < -0.39 is 42.2 Å². The molecular weight excluding hydrogens is 632 g/mol. The van der Waals surface area contributed by atoms with E-state index in [4.69, 9.17) is 14.2 Å². The minimum Gasteiger partial charge on any atom is -0.480 e. The third-order valence-electron chi connectivity index (χ3n) is 7.24. The van der Waals surface area contributed by atoms with Crippen molar-refractivity contribution in [3.63, 3.8) is 0 Å². The summed E-state index contributed by atoms with van der Waals surface area (Å²) in [5.41, 5.74) is 2.46. The summed E-state index contributed by atoms with van der Waals surface area (Å²) in [7, 11) is 0. The fraction of sp³-hybridized carbons (Fsp3) is 0.361. The lowest BCUT2D eigenvalue weighted by Gasteiger charge is -2.21. The molecule has 0 bridgehead atoms. The Morgan fingerprint density at radius 3 is 1.31 bits per heavy atom. The number of hydrogen-bond acceptors (Lipinski definition) is 8. The number of amides is 4. The summed E-state index contributed by atoms with van der Waals surface area (Å²) in [6, 6.07) is 25.2. The first kappa shape index (κ1) is 37.9. The maximum Gasteiger partial charge on any atom is 0.408 e. The maximum atomic E-state index is 13.2. The zero-order valence-corrected chi connectivity index (χ0v) is 27.3. The van der Waals surface area contributed by atoms with Crippen LogP contribution in [0.2, 0.25) is 0 Å². The number of carboxylic acid groups (broad SMARTS) is 1. The smallest absolute Gasteiger partial charge is 0.408 e. The zero-order valence-electron chi connectivity index (χ0n) is 27.3. The van der Waals surface area contributed by atoms with Crippen LogP contribution in [0.1, 0.15) is 55.2 Å². The number of hydrogen-bond donors (Lipinski definition) is 5. The average Bonchev–Trinajstić information content (AvgIpc) is 3.12. The fourth-order valence-electron chi connectivity index (χ4n) is 4.58. The normalized spacial score (nSPS) is 11.7. The van der Waals surface area contributed by atoms with Crippen molar-refractivity contribution < 1.29 is 43.3 Å². The van der Waals surface area contributed by atoms with Gasteiger partial charge in [0.05, 0.1) is 0 Å². The Morgan fingerprint density at radius 2 is 0.898 bits per heavy atom. The van der Waals surface area contributed by atoms with Gasteiger partial charge in [0.1, 0.15) is 31.9 Å². The summed E-state index contributed by atoms with van der Waals surface area (Å²) in [6.45, 7) is 0.784. The van der Waals surface area contributed by atoms with E-state index in [0.717, 1.165) is 16.7 Å². The first-order valence-electron chi connectivity index (χ1n) is 16.2. The molecule has 0 saturated heterocycles. The molecule has 0 aliphatic rings. The molecule has 3 aromatic carbocycles. The van der Waals surface area contributed by atoms with Crippen LogP contribution in [-0.4, -0.2) is 60.4 Å². The Bertz CT molecular complexity index is 1440. The van der Waals surface area contributed by atoms with Gasteiger partial charge in [0.2, 0.25) is 5.91 Å². The van der Waals surface area contributed by atoms with Gasteiger partial charge in [0.15, 0.2) is 0 Å². The van der Waals surface area contributed by atoms with E-state index in [-0.39, 0.29) is 45.8 Å². The van der Waals surface area contributed by atoms with Crippen molar-refractivity contribution in [2.24, 2.45) is 0 Å². The van der Waals surface area contributed by atoms with Crippen molar-refractivity contribution in [1.29, 1.82) is 0 Å². The standard InChI is InChI=1S/C36H44N4O9/c41-32(39-31(33(42)43)21-11-13-23-38-35(45)48-25-28-16-6-2-7-17-28)30(40-36(46)49-26-29-18-8-3-9-19-29)20-10-12-22-37-34(44)47-24-27-14-4-1-5-15-27/h1-9,14-19,30-31H,10-13,20-26H2,(H,37,44)(H,38,45)(H,39,41)(H,40,46)(H,42,43). The molecule has 13 nitrogen and oxygen atoms in total. The van der Waals surface area contributed by atoms with Crippen LogP contribution in [0.25, 0.3) is 0 Å². The van der Waals surface area contributed by atoms with Gasteiger partial charge in [-0.2, -0.15) is 0 Å². The minimum absolute atomic E-state index is 0.0123. The topological polar surface area (TPSA) is 181 Å². The van der Waals surface area contributed by atoms with Gasteiger partial charge in [-0.05, 0) is 55.2 Å². The lowest BCUT2D eigenvalue weighted by Crippen LogP contribution is -2.51. The highest BCUT2D eigenvalue weighted by atomic mass is 16.6. The third kappa shape index (κ3) is 16.2. The van der Waals surface area contributed by atoms with Crippen molar-refractivity contribution in [2.75, 3.05) is 13.1 Å². The predicted octanol–water partition coefficient (Wildman–Crippen LogP) is 5.04. The van der Waals surface area contributed by atoms with Crippen LogP contribution in [-0.2, 0) is 43.6 Å². The molecule has 0 saturated carbocycles. The van der Waals surface area contributed by atoms with Gasteiger partial charge in [0.25, 0.3) is 0 Å². The van der Waals surface area contributed by atoms with Crippen LogP contribution in [0.5, 0.6) is 0 Å². The van der Waals surface area contributed by atoms with E-state index in [1.165, 1.54) is 0 Å². The van der Waals surface area contributed by atoms with Crippen LogP contribution in [0, 0.1) is 0 Å². The van der Waals surface area contributed by atoms with Gasteiger partial charge in [-0.15, -0.1) is 0 Å². The molecule has 3 aromatic rings. The van der Waals surface area contributed by atoms with Gasteiger partial charge in [-0.1, -0.05) is 91.0 Å². The van der Waals surface area contributed by atoms with E-state index in [9.17, 15) is 29.1 Å². The second-order valence-electron chi connectivity index (χ2n) is 11.1. The number of carboxylic acids is 1. The monoisotopic (exact) mass is 676 g/mol. The van der Waals surface area contributed by atoms with Crippen molar-refractivity contribution in [3.8, 4) is 0 Å². The van der Waals surface area contributed by atoms with Crippen molar-refractivity contribution in [3.05, 3.63) is 108 Å². The molecule has 0 fully saturated rings. The molecule has 0 radical (unpaired) electrons. The van der Waals surface area contributed by atoms with Crippen LogP contribution in [0.4, 0.5) is 14.4 Å². The van der Waals surface area contributed by atoms with Crippen molar-refractivity contribution in [2.45, 2.75) is 70.4 Å². The second kappa shape index (κ2) is 22.1. The lowest BCUT2D eigenvalue weighted by atomic mass is 10.1. The quantitative estimate of drug-likeness (QED) is 0.0809. The minimum atomic E-state index is -1.23. The largest absolute Gasteiger partial charge is 0.480 e. The number of ether oxygens (including phenoxy) is 3. The number of unbranched alkanes of at least 4 members (excludes halogenated alkanes) is 2. The lowest BCUT2D eigenvalue weighted by molar-refractivity contribution is -0.142. The van der Waals surface area contributed by atoms with Crippen LogP contribution in [0.15, 0.2) is 91.0 Å². The van der Waals surface area contributed by atoms with Gasteiger partial charge in [-0.3, -0.25) is 4.79 Å². The van der Waals surface area contributed by atoms with E-state index in [0.29, 0.717) is 25.7 Å². The van der Waals surface area contributed by atoms with Gasteiger partial charge < -0.3 is 40.6 Å². The Kier molecular flexibility index (Phi) is 17.1. The van der Waals surface area contributed by atoms with Gasteiger partial charge in [-0.25, -0.2) is 19.2 Å². The number of benzene rings is 3. The molecule has 5 N–H and O–H groups in total. The third-order valence-corrected chi connectivity index (χ3v) is 7.24. The maximum absolute atomic E-state index is 13.2. The highest BCUT2D eigenvalue weighted by molar-refractivity contribution is 5.89. The number of rotatable bonds is 20. The van der Waals surface area contributed by atoms with Crippen LogP contribution < -0.4 is 21.3 Å². The Hall–Kier alpha value is -5.59. The molecule has 0 spiro atoms. The molecule has 0 aliphatic heterocycles. The van der Waals surface area contributed by atoms with E-state index in [1.807, 2.05) is 66.7 Å². The summed E-state index contributed by atoms with van der Waals surface area (Å²) >= 11 is 0. The summed E-state index contributed by atoms with van der Waals surface area (Å²) in [4.78, 5) is 61.8. The number of carbonyl (C=O) groups excluding carboxylic acids is 4. The molecule has 0 aliphatic carbocycles.